The lowest BCUT2D eigenvalue weighted by Gasteiger charge is -2.09. The van der Waals surface area contributed by atoms with Gasteiger partial charge in [0.2, 0.25) is 0 Å². The summed E-state index contributed by atoms with van der Waals surface area (Å²) in [6.07, 6.45) is 0. The summed E-state index contributed by atoms with van der Waals surface area (Å²) in [5.74, 6) is -1.78. The molecular weight excluding hydrogens is 170 g/mol. The van der Waals surface area contributed by atoms with Gasteiger partial charge in [0.05, 0.1) is 13.0 Å². The minimum Gasteiger partial charge on any atom is -0.466 e. The second kappa shape index (κ2) is 3.22. The molecule has 0 bridgehead atoms. The lowest BCUT2D eigenvalue weighted by Crippen LogP contribution is -2.30. The molecule has 0 aromatic heterocycles. The standard InChI is InChI=1S/C4H5Cl2FO2/c1-9-3(8)4(6,7)2-5/h2H2,1H3. The maximum atomic E-state index is 12.4. The Kier molecular flexibility index (Phi) is 3.22. The summed E-state index contributed by atoms with van der Waals surface area (Å²) in [5, 5.41) is -2.57. The van der Waals surface area contributed by atoms with Gasteiger partial charge in [0.25, 0.3) is 5.13 Å². The van der Waals surface area contributed by atoms with Crippen LogP contribution in [0.25, 0.3) is 0 Å². The van der Waals surface area contributed by atoms with Crippen LogP contribution in [0.2, 0.25) is 0 Å². The molecule has 0 saturated heterocycles. The number of carbonyl (C=O) groups excluding carboxylic acids is 1. The van der Waals surface area contributed by atoms with Crippen LogP contribution in [0.4, 0.5) is 4.39 Å². The summed E-state index contributed by atoms with van der Waals surface area (Å²) < 4.78 is 16.3. The van der Waals surface area contributed by atoms with Gasteiger partial charge in [0, 0.05) is 0 Å². The average Bonchev–Trinajstić information content (AvgIpc) is 1.86. The number of ether oxygens (including phenoxy) is 1. The Labute approximate surface area is 61.9 Å². The Morgan fingerprint density at radius 3 is 2.44 bits per heavy atom. The van der Waals surface area contributed by atoms with Crippen LogP contribution in [0.3, 0.4) is 0 Å². The van der Waals surface area contributed by atoms with Crippen molar-refractivity contribution in [1.82, 2.24) is 0 Å². The number of rotatable bonds is 2. The summed E-state index contributed by atoms with van der Waals surface area (Å²) >= 11 is 9.86. The van der Waals surface area contributed by atoms with Crippen LogP contribution in [0, 0.1) is 0 Å². The zero-order chi connectivity index (χ0) is 7.49. The number of alkyl halides is 3. The van der Waals surface area contributed by atoms with Gasteiger partial charge in [0.1, 0.15) is 0 Å². The summed E-state index contributed by atoms with van der Waals surface area (Å²) in [6, 6.07) is 0. The van der Waals surface area contributed by atoms with E-state index in [4.69, 9.17) is 23.2 Å². The third-order valence-electron chi connectivity index (χ3n) is 0.652. The highest BCUT2D eigenvalue weighted by molar-refractivity contribution is 6.37. The van der Waals surface area contributed by atoms with Crippen molar-refractivity contribution in [2.75, 3.05) is 13.0 Å². The van der Waals surface area contributed by atoms with Crippen molar-refractivity contribution in [3.63, 3.8) is 0 Å². The van der Waals surface area contributed by atoms with E-state index in [1.807, 2.05) is 0 Å². The molecule has 0 aliphatic carbocycles. The molecule has 1 unspecified atom stereocenters. The lowest BCUT2D eigenvalue weighted by molar-refractivity contribution is -0.147. The van der Waals surface area contributed by atoms with Gasteiger partial charge in [-0.15, -0.1) is 11.6 Å². The number of carbonyl (C=O) groups is 1. The molecule has 1 atom stereocenters. The minimum atomic E-state index is -2.57. The normalized spacial score (nSPS) is 16.4. The molecule has 0 saturated carbocycles. The summed E-state index contributed by atoms with van der Waals surface area (Å²) in [4.78, 5) is 10.3. The monoisotopic (exact) mass is 174 g/mol. The Bertz CT molecular complexity index is 115. The first-order valence-corrected chi connectivity index (χ1v) is 2.98. The van der Waals surface area contributed by atoms with Crippen LogP contribution in [0.15, 0.2) is 0 Å². The van der Waals surface area contributed by atoms with E-state index < -0.39 is 17.0 Å². The molecule has 0 rings (SSSR count). The van der Waals surface area contributed by atoms with Crippen molar-refractivity contribution in [2.24, 2.45) is 0 Å². The highest BCUT2D eigenvalue weighted by Gasteiger charge is 2.36. The van der Waals surface area contributed by atoms with Crippen LogP contribution in [-0.2, 0) is 9.53 Å². The number of esters is 1. The van der Waals surface area contributed by atoms with Crippen LogP contribution in [-0.4, -0.2) is 24.1 Å². The van der Waals surface area contributed by atoms with Crippen LogP contribution >= 0.6 is 23.2 Å². The summed E-state index contributed by atoms with van der Waals surface area (Å²) in [6.45, 7) is 0. The lowest BCUT2D eigenvalue weighted by atomic mass is 10.4. The Hall–Kier alpha value is -0.0200. The topological polar surface area (TPSA) is 26.3 Å². The molecule has 9 heavy (non-hydrogen) atoms. The van der Waals surface area contributed by atoms with E-state index >= 15 is 0 Å². The zero-order valence-corrected chi connectivity index (χ0v) is 6.17. The number of methoxy groups -OCH3 is 1. The third-order valence-corrected chi connectivity index (χ3v) is 1.44. The number of hydrogen-bond donors (Lipinski definition) is 0. The largest absolute Gasteiger partial charge is 0.466 e. The van der Waals surface area contributed by atoms with E-state index in [0.29, 0.717) is 0 Å². The van der Waals surface area contributed by atoms with E-state index in [1.165, 1.54) is 0 Å². The van der Waals surface area contributed by atoms with Gasteiger partial charge in [0.15, 0.2) is 0 Å². The molecule has 0 N–H and O–H groups in total. The van der Waals surface area contributed by atoms with Crippen LogP contribution in [0.1, 0.15) is 0 Å². The molecule has 0 amide bonds. The summed E-state index contributed by atoms with van der Waals surface area (Å²) in [5.41, 5.74) is 0. The Morgan fingerprint density at radius 1 is 1.89 bits per heavy atom. The van der Waals surface area contributed by atoms with Crippen molar-refractivity contribution in [1.29, 1.82) is 0 Å². The fourth-order valence-corrected chi connectivity index (χ4v) is 0.390. The smallest absolute Gasteiger partial charge is 0.360 e. The fourth-order valence-electron chi connectivity index (χ4n) is 0.204. The number of hydrogen-bond acceptors (Lipinski definition) is 2. The molecule has 2 nitrogen and oxygen atoms in total. The first-order valence-electron chi connectivity index (χ1n) is 2.07. The molecule has 0 aliphatic rings. The van der Waals surface area contributed by atoms with E-state index in [-0.39, 0.29) is 0 Å². The van der Waals surface area contributed by atoms with Gasteiger partial charge in [-0.1, -0.05) is 11.6 Å². The number of halogens is 3. The second-order valence-corrected chi connectivity index (χ2v) is 2.20. The molecule has 0 aromatic rings. The maximum absolute atomic E-state index is 12.4. The van der Waals surface area contributed by atoms with Gasteiger partial charge < -0.3 is 4.74 Å². The SMILES string of the molecule is COC(=O)C(F)(Cl)CCl. The molecule has 0 aromatic carbocycles. The molecule has 5 heteroatoms. The van der Waals surface area contributed by atoms with Gasteiger partial charge in [-0.25, -0.2) is 9.18 Å². The third kappa shape index (κ3) is 2.37. The van der Waals surface area contributed by atoms with Gasteiger partial charge >= 0.3 is 5.97 Å². The summed E-state index contributed by atoms with van der Waals surface area (Å²) in [7, 11) is 1.03. The second-order valence-electron chi connectivity index (χ2n) is 1.33. The van der Waals surface area contributed by atoms with Crippen molar-refractivity contribution in [3.05, 3.63) is 0 Å². The van der Waals surface area contributed by atoms with Crippen molar-refractivity contribution in [3.8, 4) is 0 Å². The predicted octanol–water partition coefficient (Wildman–Crippen LogP) is 1.30. The van der Waals surface area contributed by atoms with Crippen molar-refractivity contribution < 1.29 is 13.9 Å². The first kappa shape index (κ1) is 8.98. The quantitative estimate of drug-likeness (QED) is 0.467. The Morgan fingerprint density at radius 2 is 2.33 bits per heavy atom. The van der Waals surface area contributed by atoms with Crippen molar-refractivity contribution >= 4 is 29.2 Å². The van der Waals surface area contributed by atoms with E-state index in [0.717, 1.165) is 7.11 Å². The molecular formula is C4H5Cl2FO2. The molecule has 0 radical (unpaired) electrons. The highest BCUT2D eigenvalue weighted by atomic mass is 35.5. The van der Waals surface area contributed by atoms with Gasteiger partial charge in [-0.3, -0.25) is 0 Å². The first-order chi connectivity index (χ1) is 4.04. The molecule has 0 aliphatic heterocycles. The molecule has 0 fully saturated rings. The van der Waals surface area contributed by atoms with Gasteiger partial charge in [-0.2, -0.15) is 0 Å². The van der Waals surface area contributed by atoms with Crippen LogP contribution in [0.5, 0.6) is 0 Å². The zero-order valence-electron chi connectivity index (χ0n) is 4.66. The minimum absolute atomic E-state index is 0.610. The maximum Gasteiger partial charge on any atom is 0.360 e. The van der Waals surface area contributed by atoms with Crippen LogP contribution < -0.4 is 0 Å². The average molecular weight is 175 g/mol. The van der Waals surface area contributed by atoms with Crippen molar-refractivity contribution in [2.45, 2.75) is 5.13 Å². The van der Waals surface area contributed by atoms with E-state index in [9.17, 15) is 9.18 Å². The fraction of sp³-hybridized carbons (Fsp3) is 0.750. The van der Waals surface area contributed by atoms with Gasteiger partial charge in [-0.05, 0) is 0 Å². The van der Waals surface area contributed by atoms with E-state index in [1.54, 1.807) is 0 Å². The molecule has 0 spiro atoms. The predicted molar refractivity (Wildman–Crippen MR) is 32.4 cm³/mol. The highest BCUT2D eigenvalue weighted by Crippen LogP contribution is 2.19. The molecule has 0 heterocycles. The molecule has 54 valence electrons. The van der Waals surface area contributed by atoms with E-state index in [2.05, 4.69) is 4.74 Å². The Balaban J connectivity index is 3.97.